The Kier molecular flexibility index (Phi) is 3.19. The quantitative estimate of drug-likeness (QED) is 0.631. The molecule has 0 aliphatic carbocycles. The van der Waals surface area contributed by atoms with Crippen molar-refractivity contribution in [1.29, 1.82) is 5.26 Å². The molecule has 0 aromatic carbocycles. The minimum absolute atomic E-state index is 0.0276. The van der Waals surface area contributed by atoms with Gasteiger partial charge >= 0.3 is 0 Å². The standard InChI is InChI=1S/C10H14N2O3/c11-4-8-3-10(13)12(5-8)6-9-7-14-1-2-15-9/h8-9H,1-3,5-7H2. The lowest BCUT2D eigenvalue weighted by molar-refractivity contribution is -0.134. The Morgan fingerprint density at radius 3 is 3.00 bits per heavy atom. The molecule has 0 radical (unpaired) electrons. The minimum Gasteiger partial charge on any atom is -0.376 e. The van der Waals surface area contributed by atoms with Crippen molar-refractivity contribution in [3.05, 3.63) is 0 Å². The summed E-state index contributed by atoms with van der Waals surface area (Å²) in [5.41, 5.74) is 0. The molecule has 2 aliphatic heterocycles. The van der Waals surface area contributed by atoms with Crippen LogP contribution in [0.5, 0.6) is 0 Å². The Bertz CT molecular complexity index is 281. The van der Waals surface area contributed by atoms with E-state index in [0.717, 1.165) is 0 Å². The Hall–Kier alpha value is -1.12. The van der Waals surface area contributed by atoms with Gasteiger partial charge in [0, 0.05) is 19.5 Å². The SMILES string of the molecule is N#CC1CC(=O)N(CC2COCCO2)C1. The van der Waals surface area contributed by atoms with Gasteiger partial charge < -0.3 is 14.4 Å². The molecule has 2 unspecified atom stereocenters. The molecule has 2 fully saturated rings. The summed E-state index contributed by atoms with van der Waals surface area (Å²) in [5.74, 6) is -0.0993. The van der Waals surface area contributed by atoms with E-state index in [0.29, 0.717) is 39.3 Å². The lowest BCUT2D eigenvalue weighted by atomic mass is 10.1. The highest BCUT2D eigenvalue weighted by molar-refractivity contribution is 5.79. The molecule has 0 spiro atoms. The van der Waals surface area contributed by atoms with Gasteiger partial charge in [-0.15, -0.1) is 0 Å². The predicted octanol–water partition coefficient (Wildman–Crippen LogP) is -0.226. The number of hydrogen-bond donors (Lipinski definition) is 0. The molecule has 0 aromatic rings. The van der Waals surface area contributed by atoms with Crippen LogP contribution >= 0.6 is 0 Å². The number of rotatable bonds is 2. The van der Waals surface area contributed by atoms with E-state index >= 15 is 0 Å². The molecule has 0 aromatic heterocycles. The van der Waals surface area contributed by atoms with Gasteiger partial charge in [0.1, 0.15) is 0 Å². The number of carbonyl (C=O) groups excluding carboxylic acids is 1. The number of ether oxygens (including phenoxy) is 2. The van der Waals surface area contributed by atoms with E-state index in [2.05, 4.69) is 6.07 Å². The molecule has 0 N–H and O–H groups in total. The van der Waals surface area contributed by atoms with Crippen molar-refractivity contribution in [3.63, 3.8) is 0 Å². The van der Waals surface area contributed by atoms with Crippen LogP contribution in [-0.2, 0) is 14.3 Å². The van der Waals surface area contributed by atoms with E-state index in [9.17, 15) is 4.79 Å². The summed E-state index contributed by atoms with van der Waals surface area (Å²) >= 11 is 0. The molecule has 82 valence electrons. The number of amides is 1. The van der Waals surface area contributed by atoms with Crippen molar-refractivity contribution in [1.82, 2.24) is 4.90 Å². The molecule has 1 amide bonds. The third-order valence-corrected chi connectivity index (χ3v) is 2.71. The maximum atomic E-state index is 11.5. The summed E-state index contributed by atoms with van der Waals surface area (Å²) in [6.45, 7) is 2.85. The van der Waals surface area contributed by atoms with Crippen molar-refractivity contribution >= 4 is 5.91 Å². The van der Waals surface area contributed by atoms with E-state index in [-0.39, 0.29) is 17.9 Å². The second-order valence-electron chi connectivity index (χ2n) is 3.90. The zero-order chi connectivity index (χ0) is 10.7. The highest BCUT2D eigenvalue weighted by atomic mass is 16.6. The van der Waals surface area contributed by atoms with Gasteiger partial charge in [-0.05, 0) is 0 Å². The molecule has 2 heterocycles. The molecule has 5 heteroatoms. The van der Waals surface area contributed by atoms with Crippen LogP contribution in [-0.4, -0.2) is 49.8 Å². The van der Waals surface area contributed by atoms with E-state index in [1.807, 2.05) is 0 Å². The van der Waals surface area contributed by atoms with Crippen LogP contribution in [0.4, 0.5) is 0 Å². The summed E-state index contributed by atoms with van der Waals surface area (Å²) < 4.78 is 10.7. The average Bonchev–Trinajstić information content (AvgIpc) is 2.61. The van der Waals surface area contributed by atoms with Crippen molar-refractivity contribution in [3.8, 4) is 6.07 Å². The molecular weight excluding hydrogens is 196 g/mol. The van der Waals surface area contributed by atoms with Crippen molar-refractivity contribution in [2.75, 3.05) is 32.9 Å². The van der Waals surface area contributed by atoms with Crippen LogP contribution in [0.25, 0.3) is 0 Å². The number of nitriles is 1. The number of carbonyl (C=O) groups is 1. The highest BCUT2D eigenvalue weighted by Crippen LogP contribution is 2.18. The molecule has 2 atom stereocenters. The van der Waals surface area contributed by atoms with Gasteiger partial charge in [-0.25, -0.2) is 0 Å². The second-order valence-corrected chi connectivity index (χ2v) is 3.90. The van der Waals surface area contributed by atoms with Crippen LogP contribution < -0.4 is 0 Å². The lowest BCUT2D eigenvalue weighted by Crippen LogP contribution is -2.40. The van der Waals surface area contributed by atoms with Crippen LogP contribution in [0.3, 0.4) is 0 Å². The monoisotopic (exact) mass is 210 g/mol. The van der Waals surface area contributed by atoms with Gasteiger partial charge in [0.25, 0.3) is 0 Å². The van der Waals surface area contributed by atoms with Gasteiger partial charge in [-0.3, -0.25) is 4.79 Å². The minimum atomic E-state index is -0.151. The summed E-state index contributed by atoms with van der Waals surface area (Å²) in [6.07, 6.45) is 0.324. The highest BCUT2D eigenvalue weighted by Gasteiger charge is 2.31. The fourth-order valence-corrected chi connectivity index (χ4v) is 1.92. The fourth-order valence-electron chi connectivity index (χ4n) is 1.92. The lowest BCUT2D eigenvalue weighted by Gasteiger charge is -2.27. The van der Waals surface area contributed by atoms with Gasteiger partial charge in [0.05, 0.1) is 37.9 Å². The Morgan fingerprint density at radius 2 is 2.40 bits per heavy atom. The summed E-state index contributed by atoms with van der Waals surface area (Å²) in [5, 5.41) is 8.72. The Balaban J connectivity index is 1.84. The van der Waals surface area contributed by atoms with Gasteiger partial charge in [-0.2, -0.15) is 5.26 Å². The zero-order valence-electron chi connectivity index (χ0n) is 8.52. The van der Waals surface area contributed by atoms with Crippen molar-refractivity contribution in [2.24, 2.45) is 5.92 Å². The molecule has 0 saturated carbocycles. The summed E-state index contributed by atoms with van der Waals surface area (Å²) in [4.78, 5) is 13.2. The van der Waals surface area contributed by atoms with Crippen molar-refractivity contribution < 1.29 is 14.3 Å². The van der Waals surface area contributed by atoms with Gasteiger partial charge in [-0.1, -0.05) is 0 Å². The zero-order valence-corrected chi connectivity index (χ0v) is 8.52. The van der Waals surface area contributed by atoms with Crippen LogP contribution in [0.2, 0.25) is 0 Å². The smallest absolute Gasteiger partial charge is 0.224 e. The average molecular weight is 210 g/mol. The molecule has 2 aliphatic rings. The summed E-state index contributed by atoms with van der Waals surface area (Å²) in [7, 11) is 0. The van der Waals surface area contributed by atoms with Crippen LogP contribution in [0, 0.1) is 17.2 Å². The Morgan fingerprint density at radius 1 is 1.53 bits per heavy atom. The van der Waals surface area contributed by atoms with E-state index in [1.165, 1.54) is 0 Å². The van der Waals surface area contributed by atoms with Crippen molar-refractivity contribution in [2.45, 2.75) is 12.5 Å². The third-order valence-electron chi connectivity index (χ3n) is 2.71. The molecule has 0 bridgehead atoms. The topological polar surface area (TPSA) is 62.6 Å². The fraction of sp³-hybridized carbons (Fsp3) is 0.800. The number of likely N-dealkylation sites (tertiary alicyclic amines) is 1. The first-order valence-electron chi connectivity index (χ1n) is 5.16. The summed E-state index contributed by atoms with van der Waals surface area (Å²) in [6, 6.07) is 2.13. The first-order valence-corrected chi connectivity index (χ1v) is 5.16. The first kappa shape index (κ1) is 10.4. The predicted molar refractivity (Wildman–Crippen MR) is 50.9 cm³/mol. The second kappa shape index (κ2) is 4.60. The van der Waals surface area contributed by atoms with E-state index < -0.39 is 0 Å². The van der Waals surface area contributed by atoms with Crippen LogP contribution in [0.15, 0.2) is 0 Å². The van der Waals surface area contributed by atoms with E-state index in [1.54, 1.807) is 4.90 Å². The molecular formula is C10H14N2O3. The Labute approximate surface area is 88.6 Å². The first-order chi connectivity index (χ1) is 7.29. The molecule has 2 rings (SSSR count). The molecule has 5 nitrogen and oxygen atoms in total. The maximum absolute atomic E-state index is 11.5. The molecule has 15 heavy (non-hydrogen) atoms. The number of nitrogens with zero attached hydrogens (tertiary/aromatic N) is 2. The van der Waals surface area contributed by atoms with Crippen LogP contribution in [0.1, 0.15) is 6.42 Å². The largest absolute Gasteiger partial charge is 0.376 e. The normalized spacial score (nSPS) is 31.7. The van der Waals surface area contributed by atoms with Gasteiger partial charge in [0.15, 0.2) is 0 Å². The number of hydrogen-bond acceptors (Lipinski definition) is 4. The van der Waals surface area contributed by atoms with E-state index in [4.69, 9.17) is 14.7 Å². The van der Waals surface area contributed by atoms with Gasteiger partial charge in [0.2, 0.25) is 5.91 Å². The maximum Gasteiger partial charge on any atom is 0.224 e. The third kappa shape index (κ3) is 2.46. The molecule has 2 saturated heterocycles.